The molecule has 0 atom stereocenters. The van der Waals surface area contributed by atoms with E-state index in [0.717, 1.165) is 96.3 Å². The van der Waals surface area contributed by atoms with Crippen LogP contribution in [-0.4, -0.2) is 50.3 Å². The highest BCUT2D eigenvalue weighted by Crippen LogP contribution is 2.28. The van der Waals surface area contributed by atoms with Crippen molar-refractivity contribution < 1.29 is 38.1 Å². The number of hydrogen-bond acceptors (Lipinski definition) is 8. The summed E-state index contributed by atoms with van der Waals surface area (Å²) in [7, 11) is 0. The summed E-state index contributed by atoms with van der Waals surface area (Å²) in [6.07, 6.45) is 76.1. The second-order valence-electron chi connectivity index (χ2n) is 27.4. The fourth-order valence-corrected chi connectivity index (χ4v) is 12.7. The lowest BCUT2D eigenvalue weighted by molar-refractivity contribution is -0.172. The summed E-state index contributed by atoms with van der Waals surface area (Å²) in [6, 6.07) is 0. The topological polar surface area (TPSA) is 105 Å². The number of rotatable bonds is 57. The van der Waals surface area contributed by atoms with Gasteiger partial charge >= 0.3 is 23.9 Å². The van der Waals surface area contributed by atoms with E-state index in [1.165, 1.54) is 295 Å². The lowest BCUT2D eigenvalue weighted by atomic mass is 9.91. The van der Waals surface area contributed by atoms with Crippen LogP contribution in [0, 0.1) is 11.3 Å². The Morgan fingerprint density at radius 3 is 0.635 bits per heavy atom. The van der Waals surface area contributed by atoms with Crippen LogP contribution in [0.5, 0.6) is 0 Å². The van der Waals surface area contributed by atoms with Crippen molar-refractivity contribution >= 4 is 23.9 Å². The first-order chi connectivity index (χ1) is 41.9. The Labute approximate surface area is 529 Å². The number of carbonyl (C=O) groups excluding carboxylic acids is 4. The zero-order valence-electron chi connectivity index (χ0n) is 57.4. The maximum Gasteiger partial charge on any atom is 0.308 e. The Kier molecular flexibility index (Phi) is 61.7. The van der Waals surface area contributed by atoms with E-state index in [-0.39, 0.29) is 56.2 Å². The minimum Gasteiger partial charge on any atom is -0.465 e. The zero-order valence-corrected chi connectivity index (χ0v) is 57.4. The van der Waals surface area contributed by atoms with E-state index in [1.807, 2.05) is 0 Å². The van der Waals surface area contributed by atoms with Gasteiger partial charge in [0.2, 0.25) is 0 Å². The highest BCUT2D eigenvalue weighted by molar-refractivity contribution is 5.73. The highest BCUT2D eigenvalue weighted by atomic mass is 16.6. The molecule has 1 saturated carbocycles. The lowest BCUT2D eigenvalue weighted by Gasteiger charge is -2.32. The first-order valence-corrected chi connectivity index (χ1v) is 38.5. The highest BCUT2D eigenvalue weighted by Gasteiger charge is 2.38. The lowest BCUT2D eigenvalue weighted by Crippen LogP contribution is -2.44. The van der Waals surface area contributed by atoms with Crippen LogP contribution in [0.3, 0.4) is 0 Å². The molecule has 0 aliphatic heterocycles. The number of carbonyl (C=O) groups is 4. The van der Waals surface area contributed by atoms with Crippen molar-refractivity contribution in [1.82, 2.24) is 0 Å². The molecule has 1 aliphatic rings. The van der Waals surface area contributed by atoms with Crippen molar-refractivity contribution in [3.63, 3.8) is 0 Å². The standard InChI is InChI=1S/C77H146O8/c1-4-7-10-13-16-19-22-25-28-35-40-45-50-55-60-65-73(78)82-68-77(69-83-74(79)66-61-56-51-46-41-36-29-26-23-20-17-14-11-8-5-2,70-84-75(80)67-62-57-52-47-42-37-30-27-24-21-18-15-12-9-6-3)71-85-76(81)72-63-58-53-48-43-38-33-31-32-34-39-44-49-54-59-64-72/h72H,4-71H2,1-3H3. The monoisotopic (exact) mass is 1200 g/mol. The molecule has 85 heavy (non-hydrogen) atoms. The third kappa shape index (κ3) is 56.8. The van der Waals surface area contributed by atoms with Gasteiger partial charge in [0.05, 0.1) is 5.92 Å². The summed E-state index contributed by atoms with van der Waals surface area (Å²) in [6.45, 7) is 6.24. The Morgan fingerprint density at radius 2 is 0.424 bits per heavy atom. The van der Waals surface area contributed by atoms with Gasteiger partial charge in [0.25, 0.3) is 0 Å². The van der Waals surface area contributed by atoms with Gasteiger partial charge in [0, 0.05) is 19.3 Å². The molecule has 0 N–H and O–H groups in total. The van der Waals surface area contributed by atoms with Gasteiger partial charge < -0.3 is 18.9 Å². The molecule has 0 saturated heterocycles. The molecule has 0 bridgehead atoms. The Hall–Kier alpha value is -2.12. The van der Waals surface area contributed by atoms with Crippen LogP contribution in [-0.2, 0) is 38.1 Å². The van der Waals surface area contributed by atoms with Crippen molar-refractivity contribution in [2.24, 2.45) is 11.3 Å². The molecule has 1 aliphatic carbocycles. The van der Waals surface area contributed by atoms with E-state index in [1.54, 1.807) is 0 Å². The molecule has 1 rings (SSSR count). The minimum atomic E-state index is -1.22. The van der Waals surface area contributed by atoms with E-state index < -0.39 is 5.41 Å². The molecular weight excluding hydrogens is 1050 g/mol. The first kappa shape index (κ1) is 80.9. The van der Waals surface area contributed by atoms with Gasteiger partial charge in [0.15, 0.2) is 0 Å². The summed E-state index contributed by atoms with van der Waals surface area (Å²) in [4.78, 5) is 55.0. The van der Waals surface area contributed by atoms with Crippen molar-refractivity contribution in [2.45, 2.75) is 432 Å². The summed E-state index contributed by atoms with van der Waals surface area (Å²) in [5.41, 5.74) is -1.22. The van der Waals surface area contributed by atoms with Crippen molar-refractivity contribution in [3.05, 3.63) is 0 Å². The number of ether oxygens (including phenoxy) is 4. The molecule has 0 heterocycles. The smallest absolute Gasteiger partial charge is 0.308 e. The van der Waals surface area contributed by atoms with Gasteiger partial charge in [-0.15, -0.1) is 0 Å². The van der Waals surface area contributed by atoms with Crippen LogP contribution in [0.4, 0.5) is 0 Å². The largest absolute Gasteiger partial charge is 0.465 e. The number of esters is 4. The second-order valence-corrected chi connectivity index (χ2v) is 27.4. The molecule has 8 heteroatoms. The summed E-state index contributed by atoms with van der Waals surface area (Å²) in [5, 5.41) is 0. The fraction of sp³-hybridized carbons (Fsp3) is 0.948. The van der Waals surface area contributed by atoms with Crippen LogP contribution in [0.15, 0.2) is 0 Å². The average molecular weight is 1200 g/mol. The SMILES string of the molecule is CCCCCCCCCCCCCCCCCC(=O)OCC(COC(=O)CCCCCCCCCCCCCCCCC)(COC(=O)CCCCCCCCCCCCCCCCC)COC(=O)C1CCCCCCCCCCCCCCCC1. The molecule has 0 aromatic rings. The molecule has 0 aromatic heterocycles. The molecule has 8 nitrogen and oxygen atoms in total. The Balaban J connectivity index is 2.98. The first-order valence-electron chi connectivity index (χ1n) is 38.5. The van der Waals surface area contributed by atoms with E-state index in [0.29, 0.717) is 19.3 Å². The third-order valence-electron chi connectivity index (χ3n) is 18.8. The van der Waals surface area contributed by atoms with E-state index in [4.69, 9.17) is 18.9 Å². The maximum absolute atomic E-state index is 14.3. The molecule has 0 spiro atoms. The number of hydrogen-bond donors (Lipinski definition) is 0. The van der Waals surface area contributed by atoms with Gasteiger partial charge in [-0.3, -0.25) is 19.2 Å². The normalized spacial score (nSPS) is 14.5. The van der Waals surface area contributed by atoms with Crippen LogP contribution in [0.2, 0.25) is 0 Å². The van der Waals surface area contributed by atoms with Gasteiger partial charge in [0.1, 0.15) is 31.8 Å². The van der Waals surface area contributed by atoms with E-state index >= 15 is 0 Å². The van der Waals surface area contributed by atoms with Crippen molar-refractivity contribution in [2.75, 3.05) is 26.4 Å². The summed E-state index contributed by atoms with van der Waals surface area (Å²) >= 11 is 0. The third-order valence-corrected chi connectivity index (χ3v) is 18.8. The predicted octanol–water partition coefficient (Wildman–Crippen LogP) is 24.8. The number of unbranched alkanes of at least 4 members (excludes halogenated alkanes) is 42. The van der Waals surface area contributed by atoms with E-state index in [2.05, 4.69) is 20.8 Å². The zero-order chi connectivity index (χ0) is 61.3. The van der Waals surface area contributed by atoms with Crippen LogP contribution >= 0.6 is 0 Å². The average Bonchev–Trinajstić information content (AvgIpc) is 3.65. The molecule has 502 valence electrons. The van der Waals surface area contributed by atoms with Gasteiger partial charge in [-0.25, -0.2) is 0 Å². The maximum atomic E-state index is 14.3. The van der Waals surface area contributed by atoms with Crippen molar-refractivity contribution in [1.29, 1.82) is 0 Å². The van der Waals surface area contributed by atoms with Crippen LogP contribution in [0.1, 0.15) is 432 Å². The predicted molar refractivity (Wildman–Crippen MR) is 362 cm³/mol. The second kappa shape index (κ2) is 64.9. The Morgan fingerprint density at radius 1 is 0.247 bits per heavy atom. The summed E-state index contributed by atoms with van der Waals surface area (Å²) in [5.74, 6) is -1.40. The summed E-state index contributed by atoms with van der Waals surface area (Å²) < 4.78 is 24.6. The van der Waals surface area contributed by atoms with Crippen LogP contribution in [0.25, 0.3) is 0 Å². The van der Waals surface area contributed by atoms with Gasteiger partial charge in [-0.05, 0) is 32.1 Å². The molecule has 0 amide bonds. The fourth-order valence-electron chi connectivity index (χ4n) is 12.7. The minimum absolute atomic E-state index is 0.146. The molecular formula is C77H146O8. The molecule has 1 fully saturated rings. The van der Waals surface area contributed by atoms with E-state index in [9.17, 15) is 19.2 Å². The van der Waals surface area contributed by atoms with Crippen LogP contribution < -0.4 is 0 Å². The van der Waals surface area contributed by atoms with Gasteiger partial charge in [-0.1, -0.05) is 380 Å². The Bertz CT molecular complexity index is 1290. The van der Waals surface area contributed by atoms with Crippen molar-refractivity contribution in [3.8, 4) is 0 Å². The molecule has 0 unspecified atom stereocenters. The molecule has 0 radical (unpaired) electrons. The molecule has 0 aromatic carbocycles. The quantitative estimate of drug-likeness (QED) is 0.0337. The van der Waals surface area contributed by atoms with Gasteiger partial charge in [-0.2, -0.15) is 0 Å².